The molecule has 0 aromatic heterocycles. The quantitative estimate of drug-likeness (QED) is 0.690. The third-order valence-corrected chi connectivity index (χ3v) is 4.82. The molecule has 2 aliphatic heterocycles. The van der Waals surface area contributed by atoms with Crippen molar-refractivity contribution in [1.29, 1.82) is 0 Å². The first-order chi connectivity index (χ1) is 7.12. The SMILES string of the molecule is CC(C)C1(C)CNCC2CNCCC2C1. The third-order valence-electron chi connectivity index (χ3n) is 4.82. The van der Waals surface area contributed by atoms with Gasteiger partial charge in [0.1, 0.15) is 0 Å². The summed E-state index contributed by atoms with van der Waals surface area (Å²) >= 11 is 0. The summed E-state index contributed by atoms with van der Waals surface area (Å²) in [5, 5.41) is 7.21. The van der Waals surface area contributed by atoms with Gasteiger partial charge in [0.05, 0.1) is 0 Å². The van der Waals surface area contributed by atoms with Crippen LogP contribution in [0, 0.1) is 23.2 Å². The normalized spacial score (nSPS) is 42.4. The fourth-order valence-corrected chi connectivity index (χ4v) is 3.14. The Labute approximate surface area is 94.2 Å². The standard InChI is InChI=1S/C13H26N2/c1-10(2)13(3)6-11-4-5-14-7-12(11)8-15-9-13/h10-12,14-15H,4-9H2,1-3H3. The van der Waals surface area contributed by atoms with Gasteiger partial charge in [-0.15, -0.1) is 0 Å². The van der Waals surface area contributed by atoms with Crippen molar-refractivity contribution in [2.75, 3.05) is 26.2 Å². The van der Waals surface area contributed by atoms with Crippen molar-refractivity contribution < 1.29 is 0 Å². The van der Waals surface area contributed by atoms with E-state index >= 15 is 0 Å². The number of nitrogens with one attached hydrogen (secondary N) is 2. The van der Waals surface area contributed by atoms with E-state index in [1.807, 2.05) is 0 Å². The van der Waals surface area contributed by atoms with Gasteiger partial charge in [-0.1, -0.05) is 20.8 Å². The van der Waals surface area contributed by atoms with Gasteiger partial charge in [0.15, 0.2) is 0 Å². The first kappa shape index (κ1) is 11.4. The Hall–Kier alpha value is -0.0800. The van der Waals surface area contributed by atoms with Crippen LogP contribution in [0.4, 0.5) is 0 Å². The first-order valence-corrected chi connectivity index (χ1v) is 6.53. The van der Waals surface area contributed by atoms with Crippen LogP contribution in [-0.2, 0) is 0 Å². The first-order valence-electron chi connectivity index (χ1n) is 6.53. The van der Waals surface area contributed by atoms with Crippen molar-refractivity contribution >= 4 is 0 Å². The van der Waals surface area contributed by atoms with Gasteiger partial charge in [-0.2, -0.15) is 0 Å². The van der Waals surface area contributed by atoms with E-state index in [1.165, 1.54) is 39.0 Å². The monoisotopic (exact) mass is 210 g/mol. The van der Waals surface area contributed by atoms with E-state index in [0.717, 1.165) is 17.8 Å². The van der Waals surface area contributed by atoms with Gasteiger partial charge < -0.3 is 10.6 Å². The second-order valence-corrected chi connectivity index (χ2v) is 6.16. The van der Waals surface area contributed by atoms with Crippen molar-refractivity contribution in [3.63, 3.8) is 0 Å². The van der Waals surface area contributed by atoms with Crippen LogP contribution < -0.4 is 10.6 Å². The lowest BCUT2D eigenvalue weighted by Crippen LogP contribution is -2.40. The van der Waals surface area contributed by atoms with Crippen LogP contribution >= 0.6 is 0 Å². The minimum absolute atomic E-state index is 0.511. The lowest BCUT2D eigenvalue weighted by Gasteiger charge is -2.37. The summed E-state index contributed by atoms with van der Waals surface area (Å²) < 4.78 is 0. The van der Waals surface area contributed by atoms with Crippen LogP contribution in [0.1, 0.15) is 33.6 Å². The van der Waals surface area contributed by atoms with Crippen molar-refractivity contribution in [1.82, 2.24) is 10.6 Å². The molecule has 3 unspecified atom stereocenters. The van der Waals surface area contributed by atoms with Crippen molar-refractivity contribution in [3.8, 4) is 0 Å². The summed E-state index contributed by atoms with van der Waals surface area (Å²) in [6, 6.07) is 0. The maximum absolute atomic E-state index is 3.68. The highest BCUT2D eigenvalue weighted by Gasteiger charge is 2.37. The molecule has 2 saturated heterocycles. The summed E-state index contributed by atoms with van der Waals surface area (Å²) in [7, 11) is 0. The minimum Gasteiger partial charge on any atom is -0.316 e. The van der Waals surface area contributed by atoms with Crippen LogP contribution in [0.2, 0.25) is 0 Å². The van der Waals surface area contributed by atoms with Gasteiger partial charge in [-0.25, -0.2) is 0 Å². The molecule has 0 radical (unpaired) electrons. The minimum atomic E-state index is 0.511. The largest absolute Gasteiger partial charge is 0.316 e. The molecular weight excluding hydrogens is 184 g/mol. The average Bonchev–Trinajstić information content (AvgIpc) is 2.36. The van der Waals surface area contributed by atoms with E-state index in [1.54, 1.807) is 0 Å². The fourth-order valence-electron chi connectivity index (χ4n) is 3.14. The Morgan fingerprint density at radius 2 is 1.87 bits per heavy atom. The topological polar surface area (TPSA) is 24.1 Å². The number of rotatable bonds is 1. The van der Waals surface area contributed by atoms with E-state index < -0.39 is 0 Å². The molecule has 0 spiro atoms. The molecule has 0 aromatic carbocycles. The molecular formula is C13H26N2. The number of fused-ring (bicyclic) bond motifs is 1. The summed E-state index contributed by atoms with van der Waals surface area (Å²) in [6.07, 6.45) is 2.80. The van der Waals surface area contributed by atoms with Gasteiger partial charge in [0.25, 0.3) is 0 Å². The molecule has 2 heterocycles. The van der Waals surface area contributed by atoms with E-state index in [-0.39, 0.29) is 0 Å². The molecule has 2 rings (SSSR count). The Morgan fingerprint density at radius 1 is 1.13 bits per heavy atom. The zero-order chi connectivity index (χ0) is 10.9. The van der Waals surface area contributed by atoms with E-state index in [9.17, 15) is 0 Å². The molecule has 2 fully saturated rings. The average molecular weight is 210 g/mol. The van der Waals surface area contributed by atoms with E-state index in [0.29, 0.717) is 5.41 Å². The lowest BCUT2D eigenvalue weighted by molar-refractivity contribution is 0.145. The van der Waals surface area contributed by atoms with Gasteiger partial charge in [-0.3, -0.25) is 0 Å². The van der Waals surface area contributed by atoms with Gasteiger partial charge >= 0.3 is 0 Å². The molecule has 15 heavy (non-hydrogen) atoms. The number of hydrogen-bond acceptors (Lipinski definition) is 2. The van der Waals surface area contributed by atoms with E-state index in [2.05, 4.69) is 31.4 Å². The second-order valence-electron chi connectivity index (χ2n) is 6.16. The summed E-state index contributed by atoms with van der Waals surface area (Å²) in [6.45, 7) is 12.1. The molecule has 0 aromatic rings. The molecule has 0 saturated carbocycles. The highest BCUT2D eigenvalue weighted by molar-refractivity contribution is 4.91. The van der Waals surface area contributed by atoms with Crippen molar-refractivity contribution in [2.45, 2.75) is 33.6 Å². The third kappa shape index (κ3) is 2.36. The van der Waals surface area contributed by atoms with Gasteiger partial charge in [-0.05, 0) is 55.6 Å². The summed E-state index contributed by atoms with van der Waals surface area (Å²) in [5.41, 5.74) is 0.511. The highest BCUT2D eigenvalue weighted by Crippen LogP contribution is 2.39. The number of hydrogen-bond donors (Lipinski definition) is 2. The molecule has 0 amide bonds. The predicted octanol–water partition coefficient (Wildman–Crippen LogP) is 1.87. The van der Waals surface area contributed by atoms with Crippen LogP contribution in [0.5, 0.6) is 0 Å². The van der Waals surface area contributed by atoms with E-state index in [4.69, 9.17) is 0 Å². The molecule has 2 nitrogen and oxygen atoms in total. The van der Waals surface area contributed by atoms with Gasteiger partial charge in [0, 0.05) is 6.54 Å². The smallest absolute Gasteiger partial charge is 0.000784 e. The van der Waals surface area contributed by atoms with Crippen molar-refractivity contribution in [2.24, 2.45) is 23.2 Å². The molecule has 2 aliphatic rings. The molecule has 0 bridgehead atoms. The van der Waals surface area contributed by atoms with Crippen LogP contribution in [0.15, 0.2) is 0 Å². The maximum atomic E-state index is 3.68. The van der Waals surface area contributed by atoms with Crippen LogP contribution in [0.25, 0.3) is 0 Å². The predicted molar refractivity (Wildman–Crippen MR) is 64.9 cm³/mol. The summed E-state index contributed by atoms with van der Waals surface area (Å²) in [5.74, 6) is 2.62. The fraction of sp³-hybridized carbons (Fsp3) is 1.00. The Kier molecular flexibility index (Phi) is 3.36. The zero-order valence-corrected chi connectivity index (χ0v) is 10.5. The van der Waals surface area contributed by atoms with Crippen molar-refractivity contribution in [3.05, 3.63) is 0 Å². The Morgan fingerprint density at radius 3 is 2.60 bits per heavy atom. The molecule has 2 N–H and O–H groups in total. The van der Waals surface area contributed by atoms with Crippen LogP contribution in [-0.4, -0.2) is 26.2 Å². The highest BCUT2D eigenvalue weighted by atomic mass is 14.9. The number of piperidine rings is 1. The van der Waals surface area contributed by atoms with Gasteiger partial charge in [0.2, 0.25) is 0 Å². The molecule has 2 heteroatoms. The lowest BCUT2D eigenvalue weighted by atomic mass is 9.70. The molecule has 88 valence electrons. The molecule has 0 aliphatic carbocycles. The molecule has 3 atom stereocenters. The Bertz CT molecular complexity index is 215. The maximum Gasteiger partial charge on any atom is 0.000784 e. The van der Waals surface area contributed by atoms with Crippen LogP contribution in [0.3, 0.4) is 0 Å². The second kappa shape index (κ2) is 4.42. The zero-order valence-electron chi connectivity index (χ0n) is 10.5. The Balaban J connectivity index is 2.07. The summed E-state index contributed by atoms with van der Waals surface area (Å²) in [4.78, 5) is 0.